The molecule has 124 valence electrons. The van der Waals surface area contributed by atoms with Crippen LogP contribution in [-0.4, -0.2) is 40.9 Å². The number of rotatable bonds is 5. The second-order valence-electron chi connectivity index (χ2n) is 5.46. The number of H-pyrrole nitrogens is 1. The second kappa shape index (κ2) is 8.10. The third-order valence-electron chi connectivity index (χ3n) is 4.02. The van der Waals surface area contributed by atoms with Crippen molar-refractivity contribution in [1.29, 1.82) is 0 Å². The molecule has 2 aromatic rings. The fourth-order valence-corrected chi connectivity index (χ4v) is 2.73. The number of nitrogens with one attached hydrogen (secondary N) is 3. The lowest BCUT2D eigenvalue weighted by Gasteiger charge is -2.16. The van der Waals surface area contributed by atoms with E-state index in [-0.39, 0.29) is 30.8 Å². The van der Waals surface area contributed by atoms with E-state index in [2.05, 4.69) is 20.8 Å². The maximum Gasteiger partial charge on any atom is 0.272 e. The summed E-state index contributed by atoms with van der Waals surface area (Å²) in [7, 11) is 0. The van der Waals surface area contributed by atoms with Gasteiger partial charge >= 0.3 is 0 Å². The summed E-state index contributed by atoms with van der Waals surface area (Å²) in [5.74, 6) is -0.311. The zero-order chi connectivity index (χ0) is 15.4. The van der Waals surface area contributed by atoms with Gasteiger partial charge in [-0.2, -0.15) is 5.10 Å². The molecule has 7 heteroatoms. The van der Waals surface area contributed by atoms with Gasteiger partial charge in [-0.25, -0.2) is 0 Å². The minimum absolute atomic E-state index is 0. The number of halogens is 1. The molecule has 4 N–H and O–H groups in total. The first-order valence-corrected chi connectivity index (χ1v) is 7.50. The quantitative estimate of drug-likeness (QED) is 0.655. The second-order valence-corrected chi connectivity index (χ2v) is 5.46. The van der Waals surface area contributed by atoms with E-state index in [0.717, 1.165) is 29.8 Å². The Morgan fingerprint density at radius 3 is 2.87 bits per heavy atom. The Hall–Kier alpha value is -1.89. The van der Waals surface area contributed by atoms with E-state index < -0.39 is 0 Å². The molecule has 1 aromatic carbocycles. The van der Waals surface area contributed by atoms with Crippen LogP contribution in [0.2, 0.25) is 0 Å². The van der Waals surface area contributed by atoms with Gasteiger partial charge < -0.3 is 15.7 Å². The molecule has 3 rings (SSSR count). The molecule has 1 atom stereocenters. The smallest absolute Gasteiger partial charge is 0.272 e. The van der Waals surface area contributed by atoms with Gasteiger partial charge in [0.15, 0.2) is 5.69 Å². The van der Waals surface area contributed by atoms with Crippen molar-refractivity contribution < 1.29 is 9.90 Å². The van der Waals surface area contributed by atoms with Crippen molar-refractivity contribution in [2.24, 2.45) is 0 Å². The Kier molecular flexibility index (Phi) is 6.15. The first kappa shape index (κ1) is 17.5. The third-order valence-corrected chi connectivity index (χ3v) is 4.02. The SMILES string of the molecule is Cl.O=C(NCC(CO)c1ccccc1)c1n[nH]c2c1CNCC2. The van der Waals surface area contributed by atoms with Crippen LogP contribution in [0.3, 0.4) is 0 Å². The highest BCUT2D eigenvalue weighted by Crippen LogP contribution is 2.16. The fourth-order valence-electron chi connectivity index (χ4n) is 2.73. The van der Waals surface area contributed by atoms with Crippen LogP contribution in [0.4, 0.5) is 0 Å². The van der Waals surface area contributed by atoms with Crippen LogP contribution in [0.5, 0.6) is 0 Å². The van der Waals surface area contributed by atoms with E-state index in [4.69, 9.17) is 0 Å². The number of aromatic amines is 1. The van der Waals surface area contributed by atoms with E-state index in [1.807, 2.05) is 30.3 Å². The van der Waals surface area contributed by atoms with Gasteiger partial charge in [0.05, 0.1) is 6.61 Å². The van der Waals surface area contributed by atoms with Crippen molar-refractivity contribution in [2.75, 3.05) is 19.7 Å². The summed E-state index contributed by atoms with van der Waals surface area (Å²) in [6, 6.07) is 9.69. The fraction of sp³-hybridized carbons (Fsp3) is 0.375. The molecule has 2 heterocycles. The van der Waals surface area contributed by atoms with Crippen molar-refractivity contribution in [2.45, 2.75) is 18.9 Å². The lowest BCUT2D eigenvalue weighted by Crippen LogP contribution is -2.32. The molecule has 0 saturated heterocycles. The maximum atomic E-state index is 12.3. The number of carbonyl (C=O) groups is 1. The molecule has 0 saturated carbocycles. The molecule has 0 aliphatic carbocycles. The average Bonchev–Trinajstić information content (AvgIpc) is 3.00. The van der Waals surface area contributed by atoms with Gasteiger partial charge in [0.25, 0.3) is 5.91 Å². The summed E-state index contributed by atoms with van der Waals surface area (Å²) in [6.45, 7) is 1.94. The zero-order valence-corrected chi connectivity index (χ0v) is 13.5. The van der Waals surface area contributed by atoms with Gasteiger partial charge in [0.1, 0.15) is 0 Å². The van der Waals surface area contributed by atoms with Gasteiger partial charge in [-0.3, -0.25) is 9.89 Å². The number of aliphatic hydroxyl groups excluding tert-OH is 1. The van der Waals surface area contributed by atoms with Gasteiger partial charge in [-0.05, 0) is 5.56 Å². The van der Waals surface area contributed by atoms with Gasteiger partial charge in [0, 0.05) is 43.2 Å². The monoisotopic (exact) mass is 336 g/mol. The van der Waals surface area contributed by atoms with Crippen LogP contribution in [0, 0.1) is 0 Å². The van der Waals surface area contributed by atoms with Crippen molar-refractivity contribution in [1.82, 2.24) is 20.8 Å². The van der Waals surface area contributed by atoms with Gasteiger partial charge in [0.2, 0.25) is 0 Å². The Bertz CT molecular complexity index is 645. The zero-order valence-electron chi connectivity index (χ0n) is 12.7. The predicted octanol–water partition coefficient (Wildman–Crippen LogP) is 0.983. The molecule has 1 aromatic heterocycles. The molecule has 1 unspecified atom stereocenters. The standard InChI is InChI=1S/C16H20N4O2.ClH/c21-10-12(11-4-2-1-3-5-11)8-18-16(22)15-13-9-17-7-6-14(13)19-20-15;/h1-5,12,17,21H,6-10H2,(H,18,22)(H,19,20);1H. The van der Waals surface area contributed by atoms with Crippen LogP contribution in [0.25, 0.3) is 0 Å². The molecular weight excluding hydrogens is 316 g/mol. The number of hydrogen-bond donors (Lipinski definition) is 4. The van der Waals surface area contributed by atoms with E-state index in [1.54, 1.807) is 0 Å². The summed E-state index contributed by atoms with van der Waals surface area (Å²) in [4.78, 5) is 12.3. The van der Waals surface area contributed by atoms with E-state index in [0.29, 0.717) is 18.8 Å². The van der Waals surface area contributed by atoms with Crippen LogP contribution >= 0.6 is 12.4 Å². The molecule has 0 spiro atoms. The van der Waals surface area contributed by atoms with E-state index in [9.17, 15) is 9.90 Å². The number of fused-ring (bicyclic) bond motifs is 1. The maximum absolute atomic E-state index is 12.3. The van der Waals surface area contributed by atoms with Crippen LogP contribution in [0.15, 0.2) is 30.3 Å². The third kappa shape index (κ3) is 3.90. The highest BCUT2D eigenvalue weighted by molar-refractivity contribution is 5.94. The van der Waals surface area contributed by atoms with Gasteiger partial charge in [-0.15, -0.1) is 12.4 Å². The number of aromatic nitrogens is 2. The molecule has 1 aliphatic rings. The molecule has 1 amide bonds. The number of hydrogen-bond acceptors (Lipinski definition) is 4. The first-order valence-electron chi connectivity index (χ1n) is 7.50. The highest BCUT2D eigenvalue weighted by atomic mass is 35.5. The Morgan fingerprint density at radius 1 is 1.35 bits per heavy atom. The van der Waals surface area contributed by atoms with E-state index >= 15 is 0 Å². The Morgan fingerprint density at radius 2 is 2.13 bits per heavy atom. The van der Waals surface area contributed by atoms with E-state index in [1.165, 1.54) is 0 Å². The minimum atomic E-state index is -0.199. The summed E-state index contributed by atoms with van der Waals surface area (Å²) < 4.78 is 0. The lowest BCUT2D eigenvalue weighted by atomic mass is 10.00. The van der Waals surface area contributed by atoms with Crippen molar-refractivity contribution in [3.8, 4) is 0 Å². The number of amides is 1. The molecule has 1 aliphatic heterocycles. The number of aliphatic hydroxyl groups is 1. The molecule has 0 radical (unpaired) electrons. The molecule has 23 heavy (non-hydrogen) atoms. The van der Waals surface area contributed by atoms with Crippen molar-refractivity contribution >= 4 is 18.3 Å². The molecule has 0 bridgehead atoms. The van der Waals surface area contributed by atoms with Crippen LogP contribution in [0.1, 0.15) is 33.2 Å². The number of nitrogens with zero attached hydrogens (tertiary/aromatic N) is 1. The largest absolute Gasteiger partial charge is 0.396 e. The number of carbonyl (C=O) groups excluding carboxylic acids is 1. The summed E-state index contributed by atoms with van der Waals surface area (Å²) in [6.07, 6.45) is 0.860. The normalized spacial score (nSPS) is 14.5. The molecule has 6 nitrogen and oxygen atoms in total. The Labute approximate surface area is 141 Å². The average molecular weight is 337 g/mol. The lowest BCUT2D eigenvalue weighted by molar-refractivity contribution is 0.0941. The van der Waals surface area contributed by atoms with Gasteiger partial charge in [-0.1, -0.05) is 30.3 Å². The topological polar surface area (TPSA) is 90.0 Å². The summed E-state index contributed by atoms with van der Waals surface area (Å²) in [5.41, 5.74) is 3.44. The van der Waals surface area contributed by atoms with Crippen molar-refractivity contribution in [3.05, 3.63) is 52.8 Å². The van der Waals surface area contributed by atoms with Crippen LogP contribution in [-0.2, 0) is 13.0 Å². The highest BCUT2D eigenvalue weighted by Gasteiger charge is 2.22. The summed E-state index contributed by atoms with van der Waals surface area (Å²) >= 11 is 0. The molecular formula is C16H21ClN4O2. The molecule has 0 fully saturated rings. The predicted molar refractivity (Wildman–Crippen MR) is 89.8 cm³/mol. The van der Waals surface area contributed by atoms with Crippen LogP contribution < -0.4 is 10.6 Å². The Balaban J connectivity index is 0.00000192. The first-order chi connectivity index (χ1) is 10.8. The van der Waals surface area contributed by atoms with Crippen molar-refractivity contribution in [3.63, 3.8) is 0 Å². The summed E-state index contributed by atoms with van der Waals surface area (Å²) in [5, 5.41) is 22.7. The minimum Gasteiger partial charge on any atom is -0.396 e. The number of benzene rings is 1.